The van der Waals surface area contributed by atoms with Crippen molar-refractivity contribution in [2.24, 2.45) is 0 Å². The summed E-state index contributed by atoms with van der Waals surface area (Å²) in [5.74, 6) is 0.134. The number of fused-ring (bicyclic) bond motifs is 1. The van der Waals surface area contributed by atoms with Gasteiger partial charge in [0.1, 0.15) is 5.69 Å². The van der Waals surface area contributed by atoms with E-state index in [-0.39, 0.29) is 5.91 Å². The molecule has 3 heterocycles. The van der Waals surface area contributed by atoms with Crippen LogP contribution in [0.1, 0.15) is 50.0 Å². The van der Waals surface area contributed by atoms with Crippen LogP contribution in [0.4, 0.5) is 5.69 Å². The van der Waals surface area contributed by atoms with E-state index in [2.05, 4.69) is 47.2 Å². The average molecular weight is 354 g/mol. The highest BCUT2D eigenvalue weighted by molar-refractivity contribution is 5.98. The molecule has 0 saturated carbocycles. The maximum Gasteiger partial charge on any atom is 0.270 e. The van der Waals surface area contributed by atoms with Crippen molar-refractivity contribution in [3.63, 3.8) is 0 Å². The number of benzene rings is 1. The predicted octanol–water partition coefficient (Wildman–Crippen LogP) is 3.69. The van der Waals surface area contributed by atoms with Crippen LogP contribution in [-0.2, 0) is 0 Å². The number of amides is 1. The number of likely N-dealkylation sites (tertiary alicyclic amines) is 2. The first-order valence-electron chi connectivity index (χ1n) is 10.0. The number of rotatable bonds is 4. The van der Waals surface area contributed by atoms with Crippen LogP contribution >= 0.6 is 0 Å². The van der Waals surface area contributed by atoms with Crippen molar-refractivity contribution in [3.8, 4) is 0 Å². The largest absolute Gasteiger partial charge is 0.382 e. The maximum atomic E-state index is 12.6. The summed E-state index contributed by atoms with van der Waals surface area (Å²) in [7, 11) is 0. The quantitative estimate of drug-likeness (QED) is 0.880. The van der Waals surface area contributed by atoms with E-state index < -0.39 is 0 Å². The molecule has 0 bridgehead atoms. The Labute approximate surface area is 155 Å². The summed E-state index contributed by atoms with van der Waals surface area (Å²) in [5, 5.41) is 4.80. The Balaban J connectivity index is 1.43. The van der Waals surface area contributed by atoms with Crippen molar-refractivity contribution in [2.45, 2.75) is 51.6 Å². The molecule has 2 fully saturated rings. The van der Waals surface area contributed by atoms with Gasteiger partial charge >= 0.3 is 0 Å². The third kappa shape index (κ3) is 3.58. The summed E-state index contributed by atoms with van der Waals surface area (Å²) in [5.41, 5.74) is 2.90. The van der Waals surface area contributed by atoms with Gasteiger partial charge in [-0.2, -0.15) is 0 Å². The number of anilines is 1. The van der Waals surface area contributed by atoms with Crippen molar-refractivity contribution >= 4 is 22.5 Å². The van der Waals surface area contributed by atoms with Crippen LogP contribution in [0, 0.1) is 0 Å². The van der Waals surface area contributed by atoms with E-state index in [9.17, 15) is 4.79 Å². The van der Waals surface area contributed by atoms with E-state index in [1.807, 2.05) is 11.0 Å². The van der Waals surface area contributed by atoms with Gasteiger partial charge in [-0.3, -0.25) is 4.79 Å². The number of H-pyrrole nitrogens is 1. The molecule has 1 aromatic carbocycles. The van der Waals surface area contributed by atoms with E-state index >= 15 is 0 Å². The number of aromatic nitrogens is 1. The lowest BCUT2D eigenvalue weighted by Crippen LogP contribution is -2.42. The first-order chi connectivity index (χ1) is 12.6. The van der Waals surface area contributed by atoms with Crippen LogP contribution in [0.3, 0.4) is 0 Å². The van der Waals surface area contributed by atoms with E-state index in [0.29, 0.717) is 17.8 Å². The third-order valence-corrected chi connectivity index (χ3v) is 5.88. The molecule has 26 heavy (non-hydrogen) atoms. The zero-order valence-corrected chi connectivity index (χ0v) is 15.9. The minimum absolute atomic E-state index is 0.134. The maximum absolute atomic E-state index is 12.6. The van der Waals surface area contributed by atoms with Gasteiger partial charge in [-0.1, -0.05) is 0 Å². The normalized spacial score (nSPS) is 19.6. The predicted molar refractivity (Wildman–Crippen MR) is 107 cm³/mol. The van der Waals surface area contributed by atoms with Crippen LogP contribution < -0.4 is 5.32 Å². The van der Waals surface area contributed by atoms with Gasteiger partial charge in [0, 0.05) is 54.9 Å². The molecule has 2 saturated heterocycles. The summed E-state index contributed by atoms with van der Waals surface area (Å²) >= 11 is 0. The number of aromatic amines is 1. The van der Waals surface area contributed by atoms with Gasteiger partial charge in [0.25, 0.3) is 5.91 Å². The monoisotopic (exact) mass is 354 g/mol. The van der Waals surface area contributed by atoms with Crippen molar-refractivity contribution in [1.82, 2.24) is 14.8 Å². The minimum atomic E-state index is 0.134. The lowest BCUT2D eigenvalue weighted by atomic mass is 10.0. The minimum Gasteiger partial charge on any atom is -0.382 e. The van der Waals surface area contributed by atoms with Crippen LogP contribution in [0.25, 0.3) is 10.9 Å². The van der Waals surface area contributed by atoms with Gasteiger partial charge in [-0.25, -0.2) is 0 Å². The zero-order chi connectivity index (χ0) is 18.1. The first kappa shape index (κ1) is 17.4. The van der Waals surface area contributed by atoms with E-state index in [4.69, 9.17) is 0 Å². The molecular weight excluding hydrogens is 324 g/mol. The number of carbonyl (C=O) groups is 1. The Morgan fingerprint density at radius 1 is 1.12 bits per heavy atom. The fourth-order valence-electron chi connectivity index (χ4n) is 4.22. The summed E-state index contributed by atoms with van der Waals surface area (Å²) in [6.07, 6.45) is 4.61. The number of nitrogens with one attached hydrogen (secondary N) is 2. The van der Waals surface area contributed by atoms with Crippen molar-refractivity contribution in [3.05, 3.63) is 30.0 Å². The highest BCUT2D eigenvalue weighted by atomic mass is 16.2. The molecule has 1 aromatic heterocycles. The van der Waals surface area contributed by atoms with Gasteiger partial charge < -0.3 is 20.1 Å². The van der Waals surface area contributed by atoms with Crippen LogP contribution in [0.15, 0.2) is 24.3 Å². The molecule has 0 spiro atoms. The van der Waals surface area contributed by atoms with Crippen molar-refractivity contribution in [2.75, 3.05) is 31.5 Å². The van der Waals surface area contributed by atoms with Gasteiger partial charge in [-0.15, -0.1) is 0 Å². The molecule has 2 aliphatic heterocycles. The van der Waals surface area contributed by atoms with E-state index in [1.54, 1.807) is 0 Å². The van der Waals surface area contributed by atoms with Crippen LogP contribution in [0.5, 0.6) is 0 Å². The fraction of sp³-hybridized carbons (Fsp3) is 0.571. The smallest absolute Gasteiger partial charge is 0.270 e. The van der Waals surface area contributed by atoms with Gasteiger partial charge in [-0.05, 0) is 63.8 Å². The van der Waals surface area contributed by atoms with Crippen molar-refractivity contribution < 1.29 is 4.79 Å². The van der Waals surface area contributed by atoms with E-state index in [0.717, 1.165) is 55.6 Å². The summed E-state index contributed by atoms with van der Waals surface area (Å²) < 4.78 is 0. The number of hydrogen-bond donors (Lipinski definition) is 2. The summed E-state index contributed by atoms with van der Waals surface area (Å²) in [6.45, 7) is 8.64. The molecule has 0 atom stereocenters. The van der Waals surface area contributed by atoms with Gasteiger partial charge in [0.15, 0.2) is 0 Å². The molecule has 2 N–H and O–H groups in total. The number of nitrogens with zero attached hydrogens (tertiary/aromatic N) is 2. The Hall–Kier alpha value is -2.01. The molecule has 5 nitrogen and oxygen atoms in total. The topological polar surface area (TPSA) is 51.4 Å². The number of hydrogen-bond acceptors (Lipinski definition) is 3. The fourth-order valence-corrected chi connectivity index (χ4v) is 4.22. The highest BCUT2D eigenvalue weighted by Gasteiger charge is 2.22. The van der Waals surface area contributed by atoms with Gasteiger partial charge in [0.05, 0.1) is 0 Å². The standard InChI is InChI=1S/C21H30N4O/c1-15(2)24-11-7-17(8-12-24)22-18-5-6-19-16(13-18)14-20(23-19)21(26)25-9-3-4-10-25/h5-6,13-15,17,22-23H,3-4,7-12H2,1-2H3. The van der Waals surface area contributed by atoms with Crippen molar-refractivity contribution in [1.29, 1.82) is 0 Å². The Bertz CT molecular complexity index is 767. The lowest BCUT2D eigenvalue weighted by molar-refractivity contribution is 0.0788. The Kier molecular flexibility index (Phi) is 4.90. The Morgan fingerprint density at radius 3 is 2.54 bits per heavy atom. The number of piperidine rings is 1. The average Bonchev–Trinajstić information content (AvgIpc) is 3.31. The van der Waals surface area contributed by atoms with E-state index in [1.165, 1.54) is 12.8 Å². The molecule has 1 amide bonds. The lowest BCUT2D eigenvalue weighted by Gasteiger charge is -2.35. The number of carbonyl (C=O) groups excluding carboxylic acids is 1. The van der Waals surface area contributed by atoms with Crippen LogP contribution in [-0.4, -0.2) is 59.0 Å². The molecule has 2 aliphatic rings. The molecule has 4 rings (SSSR count). The van der Waals surface area contributed by atoms with Gasteiger partial charge in [0.2, 0.25) is 0 Å². The first-order valence-corrected chi connectivity index (χ1v) is 10.0. The highest BCUT2D eigenvalue weighted by Crippen LogP contribution is 2.24. The summed E-state index contributed by atoms with van der Waals surface area (Å²) in [6, 6.07) is 9.55. The van der Waals surface area contributed by atoms with Crippen LogP contribution in [0.2, 0.25) is 0 Å². The molecule has 0 radical (unpaired) electrons. The third-order valence-electron chi connectivity index (χ3n) is 5.88. The summed E-state index contributed by atoms with van der Waals surface area (Å²) in [4.78, 5) is 20.4. The molecule has 0 unspecified atom stereocenters. The second-order valence-corrected chi connectivity index (χ2v) is 8.03. The second kappa shape index (κ2) is 7.31. The zero-order valence-electron chi connectivity index (χ0n) is 15.9. The Morgan fingerprint density at radius 2 is 1.85 bits per heavy atom. The molecule has 0 aliphatic carbocycles. The molecule has 5 heteroatoms. The molecule has 2 aromatic rings. The molecule has 140 valence electrons. The second-order valence-electron chi connectivity index (χ2n) is 8.03. The molecular formula is C21H30N4O. The SMILES string of the molecule is CC(C)N1CCC(Nc2ccc3[nH]c(C(=O)N4CCCC4)cc3c2)CC1.